The molecule has 4 rings (SSSR count). The van der Waals surface area contributed by atoms with Gasteiger partial charge in [0.05, 0.1) is 5.69 Å². The van der Waals surface area contributed by atoms with E-state index in [1.54, 1.807) is 0 Å². The molecule has 1 N–H and O–H groups in total. The fourth-order valence-electron chi connectivity index (χ4n) is 3.47. The van der Waals surface area contributed by atoms with E-state index < -0.39 is 0 Å². The average Bonchev–Trinajstić information content (AvgIpc) is 3.25. The summed E-state index contributed by atoms with van der Waals surface area (Å²) in [7, 11) is 0. The van der Waals surface area contributed by atoms with Crippen LogP contribution in [0.1, 0.15) is 18.4 Å². The topological polar surface area (TPSA) is 31.9 Å². The van der Waals surface area contributed by atoms with Crippen LogP contribution in [0, 0.1) is 0 Å². The quantitative estimate of drug-likeness (QED) is 0.590. The summed E-state index contributed by atoms with van der Waals surface area (Å²) < 4.78 is 0. The molecule has 1 saturated heterocycles. The van der Waals surface area contributed by atoms with E-state index in [1.807, 2.05) is 24.3 Å². The standard InChI is InChI=1S/C20H20ClN3.2ClH/c21-17-10-8-16(9-11-17)19-14-20(23-22-19)24-12-4-7-18(24)13-15-5-2-1-3-6-15;;/h1-3,5-6,8-11,14,18H,4,7,12-13H2,(H,22,23);2*1H. The third kappa shape index (κ3) is 4.53. The summed E-state index contributed by atoms with van der Waals surface area (Å²) in [5.41, 5.74) is 3.53. The van der Waals surface area contributed by atoms with Gasteiger partial charge in [0.2, 0.25) is 0 Å². The summed E-state index contributed by atoms with van der Waals surface area (Å²) in [5.74, 6) is 1.04. The van der Waals surface area contributed by atoms with Crippen molar-refractivity contribution in [2.24, 2.45) is 0 Å². The van der Waals surface area contributed by atoms with Crippen molar-refractivity contribution in [1.29, 1.82) is 0 Å². The minimum absolute atomic E-state index is 0. The predicted molar refractivity (Wildman–Crippen MR) is 114 cm³/mol. The summed E-state index contributed by atoms with van der Waals surface area (Å²) >= 11 is 5.97. The van der Waals surface area contributed by atoms with Crippen molar-refractivity contribution < 1.29 is 0 Å². The van der Waals surface area contributed by atoms with Crippen molar-refractivity contribution in [3.8, 4) is 11.3 Å². The van der Waals surface area contributed by atoms with Crippen molar-refractivity contribution in [2.75, 3.05) is 11.4 Å². The third-order valence-electron chi connectivity index (χ3n) is 4.71. The van der Waals surface area contributed by atoms with Crippen LogP contribution in [-0.4, -0.2) is 22.8 Å². The minimum atomic E-state index is 0. The predicted octanol–water partition coefficient (Wildman–Crippen LogP) is 5.79. The van der Waals surface area contributed by atoms with Crippen molar-refractivity contribution in [3.05, 3.63) is 71.2 Å². The number of aromatic nitrogens is 2. The SMILES string of the molecule is Cl.Cl.Clc1ccc(-c2cc(N3CCCC3Cc3ccccc3)n[nH]2)cc1. The Hall–Kier alpha value is -1.68. The average molecular weight is 411 g/mol. The second-order valence-corrected chi connectivity index (χ2v) is 6.76. The second-order valence-electron chi connectivity index (χ2n) is 6.33. The molecule has 6 heteroatoms. The van der Waals surface area contributed by atoms with Gasteiger partial charge < -0.3 is 4.90 Å². The molecule has 1 fully saturated rings. The first-order valence-electron chi connectivity index (χ1n) is 8.41. The van der Waals surface area contributed by atoms with Gasteiger partial charge in [-0.1, -0.05) is 54.1 Å². The fourth-order valence-corrected chi connectivity index (χ4v) is 3.60. The minimum Gasteiger partial charge on any atom is -0.352 e. The number of halogens is 3. The van der Waals surface area contributed by atoms with Crippen LogP contribution in [0.15, 0.2) is 60.7 Å². The summed E-state index contributed by atoms with van der Waals surface area (Å²) in [6.45, 7) is 1.07. The number of hydrogen-bond donors (Lipinski definition) is 1. The van der Waals surface area contributed by atoms with Crippen LogP contribution in [0.5, 0.6) is 0 Å². The lowest BCUT2D eigenvalue weighted by atomic mass is 10.0. The summed E-state index contributed by atoms with van der Waals surface area (Å²) in [5, 5.41) is 8.48. The van der Waals surface area contributed by atoms with Gasteiger partial charge >= 0.3 is 0 Å². The molecule has 3 nitrogen and oxygen atoms in total. The van der Waals surface area contributed by atoms with Crippen LogP contribution in [-0.2, 0) is 6.42 Å². The maximum atomic E-state index is 5.97. The Kier molecular flexibility index (Phi) is 7.39. The van der Waals surface area contributed by atoms with E-state index in [2.05, 4.69) is 51.5 Å². The van der Waals surface area contributed by atoms with Crippen LogP contribution in [0.25, 0.3) is 11.3 Å². The molecule has 1 aromatic heterocycles. The van der Waals surface area contributed by atoms with E-state index in [9.17, 15) is 0 Å². The number of benzene rings is 2. The Morgan fingerprint density at radius 2 is 1.77 bits per heavy atom. The van der Waals surface area contributed by atoms with Gasteiger partial charge in [0.25, 0.3) is 0 Å². The second kappa shape index (κ2) is 9.31. The summed E-state index contributed by atoms with van der Waals surface area (Å²) in [6, 6.07) is 21.2. The Morgan fingerprint density at radius 3 is 2.50 bits per heavy atom. The van der Waals surface area contributed by atoms with E-state index >= 15 is 0 Å². The molecule has 0 radical (unpaired) electrons. The molecular weight excluding hydrogens is 389 g/mol. The molecular formula is C20H22Cl3N3. The zero-order valence-corrected chi connectivity index (χ0v) is 16.7. The van der Waals surface area contributed by atoms with Gasteiger partial charge in [-0.2, -0.15) is 5.10 Å². The number of H-pyrrole nitrogens is 1. The molecule has 1 atom stereocenters. The Balaban J connectivity index is 0.00000121. The first-order valence-corrected chi connectivity index (χ1v) is 8.79. The van der Waals surface area contributed by atoms with Gasteiger partial charge in [-0.05, 0) is 42.5 Å². The summed E-state index contributed by atoms with van der Waals surface area (Å²) in [6.07, 6.45) is 3.52. The molecule has 0 saturated carbocycles. The van der Waals surface area contributed by atoms with Gasteiger partial charge in [-0.25, -0.2) is 0 Å². The molecule has 0 amide bonds. The monoisotopic (exact) mass is 409 g/mol. The van der Waals surface area contributed by atoms with Crippen molar-refractivity contribution >= 4 is 42.2 Å². The Morgan fingerprint density at radius 1 is 1.04 bits per heavy atom. The molecule has 0 aliphatic carbocycles. The Labute approximate surface area is 171 Å². The highest BCUT2D eigenvalue weighted by atomic mass is 35.5. The van der Waals surface area contributed by atoms with Gasteiger partial charge in [-0.3, -0.25) is 5.10 Å². The van der Waals surface area contributed by atoms with Gasteiger partial charge in [-0.15, -0.1) is 24.8 Å². The van der Waals surface area contributed by atoms with E-state index in [1.165, 1.54) is 18.4 Å². The van der Waals surface area contributed by atoms with E-state index in [4.69, 9.17) is 11.6 Å². The van der Waals surface area contributed by atoms with Crippen molar-refractivity contribution in [2.45, 2.75) is 25.3 Å². The van der Waals surface area contributed by atoms with E-state index in [-0.39, 0.29) is 24.8 Å². The largest absolute Gasteiger partial charge is 0.352 e. The van der Waals surface area contributed by atoms with Crippen LogP contribution in [0.3, 0.4) is 0 Å². The molecule has 1 aliphatic heterocycles. The first kappa shape index (κ1) is 20.6. The zero-order valence-electron chi connectivity index (χ0n) is 14.3. The molecule has 1 unspecified atom stereocenters. The highest BCUT2D eigenvalue weighted by Crippen LogP contribution is 2.29. The fraction of sp³-hybridized carbons (Fsp3) is 0.250. The molecule has 2 aromatic carbocycles. The van der Waals surface area contributed by atoms with Gasteiger partial charge in [0.1, 0.15) is 0 Å². The maximum Gasteiger partial charge on any atom is 0.151 e. The number of aromatic amines is 1. The first-order chi connectivity index (χ1) is 11.8. The molecule has 2 heterocycles. The lowest BCUT2D eigenvalue weighted by Crippen LogP contribution is -2.31. The van der Waals surface area contributed by atoms with Gasteiger partial charge in [0.15, 0.2) is 5.82 Å². The van der Waals surface area contributed by atoms with Crippen LogP contribution in [0.2, 0.25) is 5.02 Å². The van der Waals surface area contributed by atoms with Crippen molar-refractivity contribution in [3.63, 3.8) is 0 Å². The Bertz CT molecular complexity index is 803. The van der Waals surface area contributed by atoms with E-state index in [0.717, 1.165) is 35.1 Å². The maximum absolute atomic E-state index is 5.97. The molecule has 1 aliphatic rings. The molecule has 26 heavy (non-hydrogen) atoms. The van der Waals surface area contributed by atoms with Gasteiger partial charge in [0, 0.05) is 23.7 Å². The highest BCUT2D eigenvalue weighted by Gasteiger charge is 2.26. The lowest BCUT2D eigenvalue weighted by molar-refractivity contribution is 0.657. The molecule has 138 valence electrons. The van der Waals surface area contributed by atoms with Crippen LogP contribution in [0.4, 0.5) is 5.82 Å². The number of rotatable bonds is 4. The number of nitrogens with zero attached hydrogens (tertiary/aromatic N) is 2. The molecule has 3 aromatic rings. The number of anilines is 1. The summed E-state index contributed by atoms with van der Waals surface area (Å²) in [4.78, 5) is 2.43. The number of hydrogen-bond acceptors (Lipinski definition) is 2. The zero-order chi connectivity index (χ0) is 16.4. The van der Waals surface area contributed by atoms with Crippen LogP contribution < -0.4 is 4.90 Å². The smallest absolute Gasteiger partial charge is 0.151 e. The molecule has 0 spiro atoms. The number of nitrogens with one attached hydrogen (secondary N) is 1. The van der Waals surface area contributed by atoms with Crippen LogP contribution >= 0.6 is 36.4 Å². The third-order valence-corrected chi connectivity index (χ3v) is 4.96. The highest BCUT2D eigenvalue weighted by molar-refractivity contribution is 6.30. The van der Waals surface area contributed by atoms with Crippen molar-refractivity contribution in [1.82, 2.24) is 10.2 Å². The lowest BCUT2D eigenvalue weighted by Gasteiger charge is -2.24. The normalized spacial score (nSPS) is 16.0. The van der Waals surface area contributed by atoms with E-state index in [0.29, 0.717) is 6.04 Å². The molecule has 0 bridgehead atoms.